The minimum atomic E-state index is 0.0136. The number of aromatic nitrogens is 2. The van der Waals surface area contributed by atoms with Crippen molar-refractivity contribution in [2.45, 2.75) is 13.0 Å². The van der Waals surface area contributed by atoms with E-state index >= 15 is 0 Å². The zero-order valence-corrected chi connectivity index (χ0v) is 12.5. The Morgan fingerprint density at radius 3 is 2.95 bits per heavy atom. The van der Waals surface area contributed by atoms with Gasteiger partial charge in [0.05, 0.1) is 17.8 Å². The molecule has 0 aliphatic heterocycles. The first-order chi connectivity index (χ1) is 9.08. The lowest BCUT2D eigenvalue weighted by Gasteiger charge is -2.11. The standard InChI is InChI=1S/C13H16ClN3OS/c1-16(2)4-5-17-13(11(14)8-15-17)12(18)7-10-3-6-19-9-10/h3,6,8-9H,4-5,7H2,1-2H3. The minimum absolute atomic E-state index is 0.0136. The Bertz CT molecular complexity index is 548. The third-order valence-corrected chi connectivity index (χ3v) is 3.77. The number of hydrogen-bond acceptors (Lipinski definition) is 4. The number of nitrogens with zero attached hydrogens (tertiary/aromatic N) is 3. The summed E-state index contributed by atoms with van der Waals surface area (Å²) in [6.45, 7) is 1.47. The molecule has 0 saturated carbocycles. The van der Waals surface area contributed by atoms with Gasteiger partial charge in [0.25, 0.3) is 0 Å². The molecule has 2 aromatic rings. The first-order valence-corrected chi connectivity index (χ1v) is 7.30. The number of rotatable bonds is 6. The predicted molar refractivity (Wildman–Crippen MR) is 78.1 cm³/mol. The Morgan fingerprint density at radius 1 is 1.53 bits per heavy atom. The van der Waals surface area contributed by atoms with Crippen LogP contribution >= 0.6 is 22.9 Å². The van der Waals surface area contributed by atoms with E-state index in [1.54, 1.807) is 16.0 Å². The van der Waals surface area contributed by atoms with Gasteiger partial charge in [-0.1, -0.05) is 11.6 Å². The van der Waals surface area contributed by atoms with E-state index in [1.165, 1.54) is 6.20 Å². The van der Waals surface area contributed by atoms with Crippen LogP contribution in [0.4, 0.5) is 0 Å². The molecule has 2 heterocycles. The number of carbonyl (C=O) groups is 1. The molecule has 0 atom stereocenters. The second kappa shape index (κ2) is 6.32. The van der Waals surface area contributed by atoms with Gasteiger partial charge in [0.2, 0.25) is 0 Å². The fourth-order valence-electron chi connectivity index (χ4n) is 1.77. The molecule has 0 unspecified atom stereocenters. The van der Waals surface area contributed by atoms with E-state index in [-0.39, 0.29) is 5.78 Å². The van der Waals surface area contributed by atoms with Crippen molar-refractivity contribution in [2.75, 3.05) is 20.6 Å². The average molecular weight is 298 g/mol. The van der Waals surface area contributed by atoms with Gasteiger partial charge in [-0.2, -0.15) is 16.4 Å². The lowest BCUT2D eigenvalue weighted by Crippen LogP contribution is -2.22. The third kappa shape index (κ3) is 3.65. The number of Topliss-reactive ketones (excluding diaryl/α,β-unsaturated/α-hetero) is 1. The number of hydrogen-bond donors (Lipinski definition) is 0. The van der Waals surface area contributed by atoms with Crippen LogP contribution in [0.1, 0.15) is 16.1 Å². The van der Waals surface area contributed by atoms with E-state index in [0.717, 1.165) is 12.1 Å². The summed E-state index contributed by atoms with van der Waals surface area (Å²) in [5.41, 5.74) is 1.53. The zero-order valence-electron chi connectivity index (χ0n) is 11.0. The van der Waals surface area contributed by atoms with Gasteiger partial charge in [0.1, 0.15) is 5.69 Å². The Balaban J connectivity index is 2.14. The van der Waals surface area contributed by atoms with E-state index < -0.39 is 0 Å². The molecule has 2 rings (SSSR count). The maximum atomic E-state index is 12.3. The average Bonchev–Trinajstić information content (AvgIpc) is 2.96. The molecule has 0 saturated heterocycles. The van der Waals surface area contributed by atoms with Crippen molar-refractivity contribution in [3.05, 3.63) is 39.3 Å². The maximum absolute atomic E-state index is 12.3. The van der Waals surface area contributed by atoms with Crippen LogP contribution in [-0.4, -0.2) is 41.1 Å². The predicted octanol–water partition coefficient (Wildman–Crippen LogP) is 2.59. The van der Waals surface area contributed by atoms with Crippen molar-refractivity contribution in [1.29, 1.82) is 0 Å². The van der Waals surface area contributed by atoms with Gasteiger partial charge in [-0.25, -0.2) is 0 Å². The fourth-order valence-corrected chi connectivity index (χ4v) is 2.68. The molecule has 102 valence electrons. The van der Waals surface area contributed by atoms with Gasteiger partial charge >= 0.3 is 0 Å². The zero-order chi connectivity index (χ0) is 13.8. The summed E-state index contributed by atoms with van der Waals surface area (Å²) in [5, 5.41) is 8.55. The summed E-state index contributed by atoms with van der Waals surface area (Å²) >= 11 is 7.67. The first kappa shape index (κ1) is 14.2. The summed E-state index contributed by atoms with van der Waals surface area (Å²) in [7, 11) is 3.97. The molecule has 0 aromatic carbocycles. The molecule has 0 aliphatic carbocycles. The highest BCUT2D eigenvalue weighted by atomic mass is 35.5. The molecule has 0 spiro atoms. The summed E-state index contributed by atoms with van der Waals surface area (Å²) in [4.78, 5) is 14.3. The summed E-state index contributed by atoms with van der Waals surface area (Å²) < 4.78 is 1.69. The van der Waals surface area contributed by atoms with Crippen molar-refractivity contribution in [3.63, 3.8) is 0 Å². The van der Waals surface area contributed by atoms with Crippen LogP contribution < -0.4 is 0 Å². The van der Waals surface area contributed by atoms with Crippen molar-refractivity contribution in [3.8, 4) is 0 Å². The molecule has 0 aliphatic rings. The highest BCUT2D eigenvalue weighted by Crippen LogP contribution is 2.18. The lowest BCUT2D eigenvalue weighted by molar-refractivity contribution is 0.0982. The second-order valence-corrected chi connectivity index (χ2v) is 5.79. The smallest absolute Gasteiger partial charge is 0.186 e. The van der Waals surface area contributed by atoms with E-state index in [9.17, 15) is 4.79 Å². The molecule has 4 nitrogen and oxygen atoms in total. The summed E-state index contributed by atoms with van der Waals surface area (Å²) in [6.07, 6.45) is 1.91. The van der Waals surface area contributed by atoms with Crippen molar-refractivity contribution in [2.24, 2.45) is 0 Å². The first-order valence-electron chi connectivity index (χ1n) is 5.98. The second-order valence-electron chi connectivity index (χ2n) is 4.60. The molecule has 0 fully saturated rings. The molecule has 2 aromatic heterocycles. The van der Waals surface area contributed by atoms with Gasteiger partial charge in [-0.05, 0) is 36.5 Å². The molecule has 0 amide bonds. The molecule has 0 radical (unpaired) electrons. The van der Waals surface area contributed by atoms with Crippen molar-refractivity contribution in [1.82, 2.24) is 14.7 Å². The molecule has 19 heavy (non-hydrogen) atoms. The molecule has 0 bridgehead atoms. The van der Waals surface area contributed by atoms with Gasteiger partial charge in [-0.3, -0.25) is 9.48 Å². The topological polar surface area (TPSA) is 38.1 Å². The monoisotopic (exact) mass is 297 g/mol. The summed E-state index contributed by atoms with van der Waals surface area (Å²) in [5.74, 6) is 0.0136. The number of halogens is 1. The maximum Gasteiger partial charge on any atom is 0.186 e. The number of thiophene rings is 1. The summed E-state index contributed by atoms with van der Waals surface area (Å²) in [6, 6.07) is 1.96. The quantitative estimate of drug-likeness (QED) is 0.769. The number of ketones is 1. The SMILES string of the molecule is CN(C)CCn1ncc(Cl)c1C(=O)Cc1ccsc1. The van der Waals surface area contributed by atoms with Gasteiger partial charge < -0.3 is 4.90 Å². The van der Waals surface area contributed by atoms with Crippen LogP contribution in [0.2, 0.25) is 5.02 Å². The van der Waals surface area contributed by atoms with E-state index in [1.807, 2.05) is 35.8 Å². The normalized spacial score (nSPS) is 11.2. The largest absolute Gasteiger partial charge is 0.308 e. The molecule has 6 heteroatoms. The molecular formula is C13H16ClN3OS. The number of carbonyl (C=O) groups excluding carboxylic acids is 1. The van der Waals surface area contributed by atoms with E-state index in [4.69, 9.17) is 11.6 Å². The van der Waals surface area contributed by atoms with Crippen molar-refractivity contribution < 1.29 is 4.79 Å². The fraction of sp³-hybridized carbons (Fsp3) is 0.385. The molecular weight excluding hydrogens is 282 g/mol. The lowest BCUT2D eigenvalue weighted by atomic mass is 10.1. The Labute approximate surface area is 121 Å². The Morgan fingerprint density at radius 2 is 2.32 bits per heavy atom. The highest BCUT2D eigenvalue weighted by Gasteiger charge is 2.17. The van der Waals surface area contributed by atoms with Crippen LogP contribution in [0.15, 0.2) is 23.0 Å². The van der Waals surface area contributed by atoms with Gasteiger partial charge in [0.15, 0.2) is 5.78 Å². The van der Waals surface area contributed by atoms with Crippen LogP contribution in [0, 0.1) is 0 Å². The van der Waals surface area contributed by atoms with Crippen molar-refractivity contribution >= 4 is 28.7 Å². The Kier molecular flexibility index (Phi) is 4.74. The van der Waals surface area contributed by atoms with Crippen LogP contribution in [0.5, 0.6) is 0 Å². The number of likely N-dealkylation sites (N-methyl/N-ethyl adjacent to an activating group) is 1. The van der Waals surface area contributed by atoms with Gasteiger partial charge in [-0.15, -0.1) is 0 Å². The van der Waals surface area contributed by atoms with Crippen LogP contribution in [0.25, 0.3) is 0 Å². The third-order valence-electron chi connectivity index (χ3n) is 2.76. The Hall–Kier alpha value is -1.17. The van der Waals surface area contributed by atoms with Crippen LogP contribution in [-0.2, 0) is 13.0 Å². The van der Waals surface area contributed by atoms with Gasteiger partial charge in [0, 0.05) is 13.0 Å². The highest BCUT2D eigenvalue weighted by molar-refractivity contribution is 7.08. The van der Waals surface area contributed by atoms with E-state index in [2.05, 4.69) is 5.10 Å². The van der Waals surface area contributed by atoms with Crippen LogP contribution in [0.3, 0.4) is 0 Å². The van der Waals surface area contributed by atoms with E-state index in [0.29, 0.717) is 23.7 Å². The minimum Gasteiger partial charge on any atom is -0.308 e. The molecule has 0 N–H and O–H groups in total.